The summed E-state index contributed by atoms with van der Waals surface area (Å²) in [5.74, 6) is 0. The molecule has 4 aromatic heterocycles. The molecule has 0 saturated carbocycles. The molecule has 0 aliphatic heterocycles. The zero-order chi connectivity index (χ0) is 46.2. The summed E-state index contributed by atoms with van der Waals surface area (Å²) in [4.78, 5) is 4.23. The molecule has 0 saturated heterocycles. The van der Waals surface area contributed by atoms with Crippen molar-refractivity contribution in [3.8, 4) is 28.8 Å². The van der Waals surface area contributed by atoms with Gasteiger partial charge in [0.2, 0.25) is 5.69 Å². The van der Waals surface area contributed by atoms with E-state index in [1.807, 2.05) is 12.1 Å². The highest BCUT2D eigenvalue weighted by Crippen LogP contribution is 2.46. The van der Waals surface area contributed by atoms with Gasteiger partial charge in [-0.15, -0.1) is 0 Å². The monoisotopic (exact) mass is 888 g/mol. The Balaban J connectivity index is 1.03. The van der Waals surface area contributed by atoms with E-state index in [2.05, 4.69) is 235 Å². The lowest BCUT2D eigenvalue weighted by Crippen LogP contribution is -1.99. The predicted molar refractivity (Wildman–Crippen MR) is 290 cm³/mol. The number of nitriles is 1. The maximum absolute atomic E-state index is 11.0. The van der Waals surface area contributed by atoms with Gasteiger partial charge >= 0.3 is 0 Å². The smallest absolute Gasteiger partial charge is 0.211 e. The molecule has 15 aromatic rings. The molecule has 6 nitrogen and oxygen atoms in total. The Morgan fingerprint density at radius 2 is 0.757 bits per heavy atom. The third kappa shape index (κ3) is 5.08. The first-order valence-electron chi connectivity index (χ1n) is 23.5. The van der Waals surface area contributed by atoms with Gasteiger partial charge in [-0.25, -0.2) is 4.85 Å². The first-order valence-corrected chi connectivity index (χ1v) is 23.5. The van der Waals surface area contributed by atoms with E-state index >= 15 is 0 Å². The molecule has 0 atom stereocenters. The highest BCUT2D eigenvalue weighted by atomic mass is 15.0. The number of benzene rings is 11. The van der Waals surface area contributed by atoms with Gasteiger partial charge in [-0.2, -0.15) is 5.26 Å². The predicted octanol–water partition coefficient (Wildman–Crippen LogP) is 16.8. The molecular weight excluding hydrogens is 853 g/mol. The average Bonchev–Trinajstić information content (AvgIpc) is 4.16. The molecule has 70 heavy (non-hydrogen) atoms. The third-order valence-electron chi connectivity index (χ3n) is 14.7. The van der Waals surface area contributed by atoms with E-state index in [-0.39, 0.29) is 0 Å². The van der Waals surface area contributed by atoms with Crippen LogP contribution in [0.1, 0.15) is 5.56 Å². The minimum absolute atomic E-state index is 0.562. The van der Waals surface area contributed by atoms with E-state index in [9.17, 15) is 5.26 Å². The van der Waals surface area contributed by atoms with Crippen molar-refractivity contribution in [1.29, 1.82) is 5.26 Å². The van der Waals surface area contributed by atoms with Crippen LogP contribution in [0.4, 0.5) is 5.69 Å². The van der Waals surface area contributed by atoms with Gasteiger partial charge in [0.1, 0.15) is 6.07 Å². The van der Waals surface area contributed by atoms with Crippen LogP contribution in [-0.2, 0) is 0 Å². The SMILES string of the molecule is [C-]#[N+]c1cc2ccc3cc(C#N)c(-n4c5ccccc5c5c4ccc4c6ccccc6n(-c6ccccc6)c45)cc3c2cc1-n1c2ccccc2c2c1ccc1c3ccccc3n(-c3ccccc3)c12. The minimum Gasteiger partial charge on any atom is -0.319 e. The van der Waals surface area contributed by atoms with E-state index in [4.69, 9.17) is 6.57 Å². The fraction of sp³-hybridized carbons (Fsp3) is 0. The van der Waals surface area contributed by atoms with Gasteiger partial charge in [0.15, 0.2) is 0 Å². The van der Waals surface area contributed by atoms with Crippen molar-refractivity contribution in [2.75, 3.05) is 0 Å². The van der Waals surface area contributed by atoms with Crippen LogP contribution in [0.25, 0.3) is 136 Å². The average molecular weight is 889 g/mol. The summed E-state index contributed by atoms with van der Waals surface area (Å²) in [7, 11) is 0. The van der Waals surface area contributed by atoms with Crippen LogP contribution in [0.2, 0.25) is 0 Å². The van der Waals surface area contributed by atoms with Crippen LogP contribution >= 0.6 is 0 Å². The first kappa shape index (κ1) is 38.2. The molecule has 6 heteroatoms. The van der Waals surface area contributed by atoms with Gasteiger partial charge in [-0.05, 0) is 106 Å². The van der Waals surface area contributed by atoms with Crippen LogP contribution in [0.5, 0.6) is 0 Å². The number of para-hydroxylation sites is 6. The maximum Gasteiger partial charge on any atom is 0.211 e. The molecule has 0 amide bonds. The zero-order valence-electron chi connectivity index (χ0n) is 37.5. The van der Waals surface area contributed by atoms with Gasteiger partial charge in [0.25, 0.3) is 0 Å². The molecule has 0 unspecified atom stereocenters. The highest BCUT2D eigenvalue weighted by molar-refractivity contribution is 6.28. The van der Waals surface area contributed by atoms with E-state index in [1.165, 1.54) is 21.5 Å². The van der Waals surface area contributed by atoms with Crippen LogP contribution in [-0.4, -0.2) is 18.3 Å². The second kappa shape index (κ2) is 14.3. The Morgan fingerprint density at radius 3 is 1.24 bits per heavy atom. The number of aromatic nitrogens is 4. The van der Waals surface area contributed by atoms with E-state index in [0.29, 0.717) is 11.3 Å². The zero-order valence-corrected chi connectivity index (χ0v) is 37.5. The Kier molecular flexibility index (Phi) is 7.82. The lowest BCUT2D eigenvalue weighted by Gasteiger charge is -2.16. The van der Waals surface area contributed by atoms with Gasteiger partial charge < -0.3 is 18.3 Å². The standard InChI is InChI=1S/C64H36N6/c1-66-52-35-40-29-28-39-34-41(38-65)59(69-55-26-14-10-22-48(55)61-57(69)32-30-46-44-20-8-12-24-53(44)67(63(46)61)42-16-4-2-5-17-42)36-50(39)51(40)37-60(52)70-56-27-15-11-23-49(56)62-58(70)33-31-47-45-21-9-13-25-54(45)68(64(47)62)43-18-6-3-7-19-43/h2-37H. The van der Waals surface area contributed by atoms with Crippen molar-refractivity contribution < 1.29 is 0 Å². The van der Waals surface area contributed by atoms with E-state index < -0.39 is 0 Å². The van der Waals surface area contributed by atoms with Crippen molar-refractivity contribution in [3.05, 3.63) is 235 Å². The minimum atomic E-state index is 0.562. The Morgan fingerprint density at radius 1 is 0.343 bits per heavy atom. The van der Waals surface area contributed by atoms with Crippen molar-refractivity contribution in [2.45, 2.75) is 0 Å². The van der Waals surface area contributed by atoms with Crippen molar-refractivity contribution >= 4 is 114 Å². The van der Waals surface area contributed by atoms with Crippen LogP contribution < -0.4 is 0 Å². The molecular formula is C64H36N6. The second-order valence-electron chi connectivity index (χ2n) is 18.2. The fourth-order valence-corrected chi connectivity index (χ4v) is 11.9. The quantitative estimate of drug-likeness (QED) is 0.128. The third-order valence-corrected chi connectivity index (χ3v) is 14.7. The fourth-order valence-electron chi connectivity index (χ4n) is 11.9. The molecule has 0 radical (unpaired) electrons. The summed E-state index contributed by atoms with van der Waals surface area (Å²) in [5, 5.41) is 24.2. The van der Waals surface area contributed by atoms with Crippen LogP contribution in [0.3, 0.4) is 0 Å². The molecule has 0 bridgehead atoms. The topological polar surface area (TPSA) is 47.9 Å². The summed E-state index contributed by atoms with van der Waals surface area (Å²) < 4.78 is 9.35. The summed E-state index contributed by atoms with van der Waals surface area (Å²) in [6, 6.07) is 79.8. The molecule has 0 spiro atoms. The summed E-state index contributed by atoms with van der Waals surface area (Å²) in [6.07, 6.45) is 0. The van der Waals surface area contributed by atoms with Crippen molar-refractivity contribution in [1.82, 2.24) is 18.3 Å². The number of fused-ring (bicyclic) bond motifs is 17. The van der Waals surface area contributed by atoms with Gasteiger partial charge in [0, 0.05) is 54.5 Å². The van der Waals surface area contributed by atoms with Gasteiger partial charge in [-0.3, -0.25) is 0 Å². The number of hydrogen-bond donors (Lipinski definition) is 0. The van der Waals surface area contributed by atoms with E-state index in [1.54, 1.807) is 0 Å². The molecule has 0 aliphatic rings. The Bertz CT molecular complexity index is 4530. The molecule has 4 heterocycles. The Hall–Kier alpha value is -9.88. The Labute approximate surface area is 400 Å². The van der Waals surface area contributed by atoms with Gasteiger partial charge in [0.05, 0.1) is 67.6 Å². The first-order chi connectivity index (χ1) is 34.7. The number of nitrogens with zero attached hydrogens (tertiary/aromatic N) is 6. The van der Waals surface area contributed by atoms with Crippen molar-refractivity contribution in [3.63, 3.8) is 0 Å². The van der Waals surface area contributed by atoms with Crippen molar-refractivity contribution in [2.24, 2.45) is 0 Å². The summed E-state index contributed by atoms with van der Waals surface area (Å²) >= 11 is 0. The molecule has 0 fully saturated rings. The number of rotatable bonds is 4. The molecule has 0 aliphatic carbocycles. The normalized spacial score (nSPS) is 12.0. The molecule has 15 rings (SSSR count). The lowest BCUT2D eigenvalue weighted by molar-refractivity contribution is 1.17. The van der Waals surface area contributed by atoms with Gasteiger partial charge in [-0.1, -0.05) is 133 Å². The highest BCUT2D eigenvalue weighted by Gasteiger charge is 2.25. The molecule has 0 N–H and O–H groups in total. The lowest BCUT2D eigenvalue weighted by atomic mass is 9.97. The largest absolute Gasteiger partial charge is 0.319 e. The molecule has 11 aromatic carbocycles. The second-order valence-corrected chi connectivity index (χ2v) is 18.2. The number of hydrogen-bond acceptors (Lipinski definition) is 1. The molecule has 322 valence electrons. The summed E-state index contributed by atoms with van der Waals surface area (Å²) in [6.45, 7) is 8.66. The van der Waals surface area contributed by atoms with Crippen LogP contribution in [0.15, 0.2) is 218 Å². The van der Waals surface area contributed by atoms with E-state index in [0.717, 1.165) is 110 Å². The maximum atomic E-state index is 11.0. The summed E-state index contributed by atoms with van der Waals surface area (Å²) in [5.41, 5.74) is 13.6. The van der Waals surface area contributed by atoms with Crippen LogP contribution in [0, 0.1) is 17.9 Å².